The predicted molar refractivity (Wildman–Crippen MR) is 51.6 cm³/mol. The van der Waals surface area contributed by atoms with Gasteiger partial charge in [0.2, 0.25) is 5.95 Å². The molecule has 2 aliphatic rings. The van der Waals surface area contributed by atoms with Gasteiger partial charge in [0.05, 0.1) is 5.69 Å². The van der Waals surface area contributed by atoms with Gasteiger partial charge in [-0.1, -0.05) is 0 Å². The minimum absolute atomic E-state index is 0.678. The van der Waals surface area contributed by atoms with Crippen LogP contribution in [0.4, 0.5) is 5.95 Å². The number of hydrogen-bond donors (Lipinski definition) is 1. The molecule has 3 heteroatoms. The van der Waals surface area contributed by atoms with E-state index in [0.29, 0.717) is 6.04 Å². The minimum atomic E-state index is 0.678. The van der Waals surface area contributed by atoms with Crippen molar-refractivity contribution in [2.45, 2.75) is 44.6 Å². The van der Waals surface area contributed by atoms with Gasteiger partial charge in [-0.15, -0.1) is 0 Å². The second-order valence-corrected chi connectivity index (χ2v) is 4.32. The smallest absolute Gasteiger partial charge is 0.200 e. The van der Waals surface area contributed by atoms with Crippen LogP contribution in [0.15, 0.2) is 0 Å². The molecule has 0 aromatic carbocycles. The Hall–Kier alpha value is -0.990. The summed E-state index contributed by atoms with van der Waals surface area (Å²) in [6.45, 7) is 2.09. The highest BCUT2D eigenvalue weighted by Gasteiger charge is 2.35. The van der Waals surface area contributed by atoms with E-state index in [2.05, 4.69) is 16.5 Å². The molecule has 1 aromatic heterocycles. The largest absolute Gasteiger partial charge is 0.369 e. The molecule has 0 radical (unpaired) electrons. The van der Waals surface area contributed by atoms with Gasteiger partial charge < -0.3 is 10.3 Å². The number of imidazole rings is 1. The van der Waals surface area contributed by atoms with Crippen molar-refractivity contribution in [3.63, 3.8) is 0 Å². The molecular weight excluding hydrogens is 162 g/mol. The first-order valence-corrected chi connectivity index (χ1v) is 5.11. The van der Waals surface area contributed by atoms with Crippen molar-refractivity contribution < 1.29 is 0 Å². The first kappa shape index (κ1) is 7.42. The zero-order valence-corrected chi connectivity index (χ0v) is 7.95. The molecule has 0 unspecified atom stereocenters. The Kier molecular flexibility index (Phi) is 1.30. The number of nitrogen functional groups attached to an aromatic ring is 1. The van der Waals surface area contributed by atoms with Crippen molar-refractivity contribution in [2.75, 3.05) is 5.73 Å². The molecule has 2 N–H and O–H groups in total. The van der Waals surface area contributed by atoms with E-state index in [-0.39, 0.29) is 0 Å². The Morgan fingerprint density at radius 3 is 2.54 bits per heavy atom. The zero-order valence-electron chi connectivity index (χ0n) is 7.95. The van der Waals surface area contributed by atoms with Crippen LogP contribution in [0.5, 0.6) is 0 Å². The molecule has 70 valence electrons. The van der Waals surface area contributed by atoms with Gasteiger partial charge in [0.25, 0.3) is 0 Å². The van der Waals surface area contributed by atoms with Crippen molar-refractivity contribution in [1.82, 2.24) is 9.55 Å². The van der Waals surface area contributed by atoms with Crippen LogP contribution in [-0.4, -0.2) is 9.55 Å². The van der Waals surface area contributed by atoms with Crippen LogP contribution in [0.1, 0.15) is 49.0 Å². The lowest BCUT2D eigenvalue weighted by Crippen LogP contribution is -2.04. The standard InChI is InChI=1S/C10H15N3/c1-6-9(7-2-3-7)13(8-4-5-8)10(11)12-6/h7-8H,2-5H2,1H3,(H2,11,12). The molecule has 1 heterocycles. The van der Waals surface area contributed by atoms with E-state index in [4.69, 9.17) is 5.73 Å². The lowest BCUT2D eigenvalue weighted by Gasteiger charge is -2.07. The van der Waals surface area contributed by atoms with Crippen LogP contribution in [0.25, 0.3) is 0 Å². The fraction of sp³-hybridized carbons (Fsp3) is 0.700. The normalized spacial score (nSPS) is 22.2. The van der Waals surface area contributed by atoms with Gasteiger partial charge in [0, 0.05) is 17.7 Å². The van der Waals surface area contributed by atoms with Crippen LogP contribution in [0.2, 0.25) is 0 Å². The monoisotopic (exact) mass is 177 g/mol. The summed E-state index contributed by atoms with van der Waals surface area (Å²) < 4.78 is 2.28. The fourth-order valence-electron chi connectivity index (χ4n) is 2.15. The summed E-state index contributed by atoms with van der Waals surface area (Å²) in [5.41, 5.74) is 8.49. The summed E-state index contributed by atoms with van der Waals surface area (Å²) >= 11 is 0. The topological polar surface area (TPSA) is 43.8 Å². The second-order valence-electron chi connectivity index (χ2n) is 4.32. The molecule has 1 aromatic rings. The first-order valence-electron chi connectivity index (χ1n) is 5.11. The molecule has 3 nitrogen and oxygen atoms in total. The lowest BCUT2D eigenvalue weighted by atomic mass is 10.2. The van der Waals surface area contributed by atoms with Gasteiger partial charge in [-0.25, -0.2) is 4.98 Å². The molecular formula is C10H15N3. The SMILES string of the molecule is Cc1nc(N)n(C2CC2)c1C1CC1. The van der Waals surface area contributed by atoms with Crippen molar-refractivity contribution in [2.24, 2.45) is 0 Å². The Balaban J connectivity index is 2.11. The molecule has 2 aliphatic carbocycles. The van der Waals surface area contributed by atoms with Crippen molar-refractivity contribution in [3.05, 3.63) is 11.4 Å². The maximum atomic E-state index is 5.90. The van der Waals surface area contributed by atoms with Crippen molar-refractivity contribution in [3.8, 4) is 0 Å². The third-order valence-electron chi connectivity index (χ3n) is 3.04. The van der Waals surface area contributed by atoms with E-state index in [1.165, 1.54) is 31.4 Å². The van der Waals surface area contributed by atoms with Gasteiger partial charge in [0.15, 0.2) is 0 Å². The lowest BCUT2D eigenvalue weighted by molar-refractivity contribution is 0.703. The maximum absolute atomic E-state index is 5.90. The third kappa shape index (κ3) is 1.06. The average molecular weight is 177 g/mol. The van der Waals surface area contributed by atoms with E-state index < -0.39 is 0 Å². The molecule has 0 saturated heterocycles. The molecule has 2 fully saturated rings. The van der Waals surface area contributed by atoms with E-state index in [9.17, 15) is 0 Å². The van der Waals surface area contributed by atoms with Crippen molar-refractivity contribution in [1.29, 1.82) is 0 Å². The van der Waals surface area contributed by atoms with E-state index in [0.717, 1.165) is 17.6 Å². The summed E-state index contributed by atoms with van der Waals surface area (Å²) in [4.78, 5) is 4.37. The van der Waals surface area contributed by atoms with Gasteiger partial charge in [-0.2, -0.15) is 0 Å². The van der Waals surface area contributed by atoms with Gasteiger partial charge >= 0.3 is 0 Å². The zero-order chi connectivity index (χ0) is 9.00. The predicted octanol–water partition coefficient (Wildman–Crippen LogP) is 1.99. The molecule has 13 heavy (non-hydrogen) atoms. The number of hydrogen-bond acceptors (Lipinski definition) is 2. The molecule has 3 rings (SSSR count). The Labute approximate surface area is 78.0 Å². The number of anilines is 1. The second kappa shape index (κ2) is 2.28. The summed E-state index contributed by atoms with van der Waals surface area (Å²) in [6.07, 6.45) is 5.25. The fourth-order valence-corrected chi connectivity index (χ4v) is 2.15. The number of aryl methyl sites for hydroxylation is 1. The van der Waals surface area contributed by atoms with Crippen LogP contribution >= 0.6 is 0 Å². The average Bonchev–Trinajstić information content (AvgIpc) is 2.94. The number of aromatic nitrogens is 2. The summed E-state index contributed by atoms with van der Waals surface area (Å²) in [7, 11) is 0. The summed E-state index contributed by atoms with van der Waals surface area (Å²) in [6, 6.07) is 0.678. The van der Waals surface area contributed by atoms with E-state index in [1.54, 1.807) is 0 Å². The highest BCUT2D eigenvalue weighted by Crippen LogP contribution is 2.47. The van der Waals surface area contributed by atoms with Gasteiger partial charge in [-0.3, -0.25) is 0 Å². The quantitative estimate of drug-likeness (QED) is 0.750. The third-order valence-corrected chi connectivity index (χ3v) is 3.04. The van der Waals surface area contributed by atoms with Crippen molar-refractivity contribution >= 4 is 5.95 Å². The Morgan fingerprint density at radius 2 is 2.00 bits per heavy atom. The van der Waals surface area contributed by atoms with Gasteiger partial charge in [-0.05, 0) is 32.6 Å². The summed E-state index contributed by atoms with van der Waals surface area (Å²) in [5, 5.41) is 0. The summed E-state index contributed by atoms with van der Waals surface area (Å²) in [5.74, 6) is 1.51. The minimum Gasteiger partial charge on any atom is -0.369 e. The highest BCUT2D eigenvalue weighted by atomic mass is 15.2. The molecule has 0 bridgehead atoms. The van der Waals surface area contributed by atoms with Crippen LogP contribution in [0, 0.1) is 6.92 Å². The highest BCUT2D eigenvalue weighted by molar-refractivity contribution is 5.35. The molecule has 0 spiro atoms. The maximum Gasteiger partial charge on any atom is 0.200 e. The number of rotatable bonds is 2. The van der Waals surface area contributed by atoms with Gasteiger partial charge in [0.1, 0.15) is 0 Å². The molecule has 0 amide bonds. The van der Waals surface area contributed by atoms with Crippen LogP contribution < -0.4 is 5.73 Å². The Morgan fingerprint density at radius 1 is 1.31 bits per heavy atom. The first-order chi connectivity index (χ1) is 6.27. The Bertz CT molecular complexity index is 313. The van der Waals surface area contributed by atoms with Crippen LogP contribution in [0.3, 0.4) is 0 Å². The molecule has 0 atom stereocenters. The molecule has 2 saturated carbocycles. The van der Waals surface area contributed by atoms with Crippen LogP contribution in [-0.2, 0) is 0 Å². The molecule has 0 aliphatic heterocycles. The number of nitrogens with zero attached hydrogens (tertiary/aromatic N) is 2. The van der Waals surface area contributed by atoms with E-state index in [1.807, 2.05) is 0 Å². The number of nitrogens with two attached hydrogens (primary N) is 1. The van der Waals surface area contributed by atoms with E-state index >= 15 is 0 Å².